The predicted octanol–water partition coefficient (Wildman–Crippen LogP) is 5.82. The molecule has 0 radical (unpaired) electrons. The van der Waals surface area contributed by atoms with Crippen molar-refractivity contribution in [2.24, 2.45) is 5.92 Å². The van der Waals surface area contributed by atoms with E-state index in [1.165, 1.54) is 19.6 Å². The minimum absolute atomic E-state index is 0.113. The summed E-state index contributed by atoms with van der Waals surface area (Å²) < 4.78 is 7.02. The monoisotopic (exact) mass is 563 g/mol. The van der Waals surface area contributed by atoms with Gasteiger partial charge in [0.2, 0.25) is 0 Å². The third kappa shape index (κ3) is 6.28. The van der Waals surface area contributed by atoms with Crippen LogP contribution in [0.25, 0.3) is 16.9 Å². The number of imidazole rings is 1. The van der Waals surface area contributed by atoms with Crippen LogP contribution in [0.15, 0.2) is 36.5 Å². The first-order valence-electron chi connectivity index (χ1n) is 14.5. The maximum atomic E-state index is 13.7. The second-order valence-electron chi connectivity index (χ2n) is 11.1. The molecule has 11 nitrogen and oxygen atoms in total. The molecule has 11 heteroatoms. The molecule has 1 unspecified atom stereocenters. The Morgan fingerprint density at radius 2 is 1.83 bits per heavy atom. The Bertz CT molecular complexity index is 1420. The topological polar surface area (TPSA) is 148 Å². The first-order valence-corrected chi connectivity index (χ1v) is 14.5. The molecule has 218 valence electrons. The number of carbonyl (C=O) groups excluding carboxylic acids is 1. The fourth-order valence-electron chi connectivity index (χ4n) is 6.31. The number of nitrogens with one attached hydrogen (secondary N) is 2. The number of carboxylic acids is 1. The van der Waals surface area contributed by atoms with Crippen molar-refractivity contribution in [3.05, 3.63) is 52.2 Å². The number of hydrogen-bond acceptors (Lipinski definition) is 7. The number of nitrogens with zero attached hydrogens (tertiary/aromatic N) is 3. The van der Waals surface area contributed by atoms with Crippen LogP contribution in [-0.4, -0.2) is 50.5 Å². The van der Waals surface area contributed by atoms with Crippen molar-refractivity contribution < 1.29 is 24.4 Å². The Kier molecular flexibility index (Phi) is 8.70. The van der Waals surface area contributed by atoms with E-state index < -0.39 is 16.9 Å². The number of hydrogen-bond donors (Lipinski definition) is 3. The number of amides is 1. The summed E-state index contributed by atoms with van der Waals surface area (Å²) in [7, 11) is 1.39. The lowest BCUT2D eigenvalue weighted by atomic mass is 9.82. The minimum atomic E-state index is -0.942. The number of pyridine rings is 1. The molecule has 0 bridgehead atoms. The van der Waals surface area contributed by atoms with Crippen molar-refractivity contribution in [2.75, 3.05) is 12.4 Å². The average molecular weight is 564 g/mol. The van der Waals surface area contributed by atoms with E-state index in [0.29, 0.717) is 28.3 Å². The zero-order valence-electron chi connectivity index (χ0n) is 23.3. The summed E-state index contributed by atoms with van der Waals surface area (Å²) >= 11 is 0. The molecule has 2 fully saturated rings. The second kappa shape index (κ2) is 12.6. The molecule has 2 saturated carbocycles. The van der Waals surface area contributed by atoms with Crippen LogP contribution in [0.5, 0.6) is 5.75 Å². The van der Waals surface area contributed by atoms with E-state index >= 15 is 0 Å². The third-order valence-electron chi connectivity index (χ3n) is 8.42. The Hall–Kier alpha value is -4.15. The van der Waals surface area contributed by atoms with Gasteiger partial charge in [0.15, 0.2) is 11.4 Å². The molecule has 3 aromatic rings. The van der Waals surface area contributed by atoms with Crippen molar-refractivity contribution in [2.45, 2.75) is 82.7 Å². The number of carbonyl (C=O) groups is 2. The van der Waals surface area contributed by atoms with Gasteiger partial charge in [-0.15, -0.1) is 0 Å². The lowest BCUT2D eigenvalue weighted by molar-refractivity contribution is -0.385. The number of fused-ring (bicyclic) bond motifs is 1. The number of ether oxygens (including phenoxy) is 1. The minimum Gasteiger partial charge on any atom is -0.490 e. The van der Waals surface area contributed by atoms with Gasteiger partial charge in [-0.2, -0.15) is 0 Å². The van der Waals surface area contributed by atoms with Crippen LogP contribution in [0.2, 0.25) is 0 Å². The normalized spacial score (nSPS) is 17.2. The molecule has 2 aromatic heterocycles. The van der Waals surface area contributed by atoms with Crippen LogP contribution in [-0.2, 0) is 4.79 Å². The molecule has 1 amide bonds. The molecule has 0 saturated heterocycles. The van der Waals surface area contributed by atoms with Gasteiger partial charge >= 0.3 is 11.7 Å². The number of aliphatic carboxylic acids is 1. The highest BCUT2D eigenvalue weighted by molar-refractivity contribution is 6.01. The molecule has 3 N–H and O–H groups in total. The largest absolute Gasteiger partial charge is 0.490 e. The first-order chi connectivity index (χ1) is 19.9. The second-order valence-corrected chi connectivity index (χ2v) is 11.1. The Morgan fingerprint density at radius 3 is 2.49 bits per heavy atom. The fraction of sp³-hybridized carbons (Fsp3) is 0.500. The number of aromatic nitrogens is 2. The molecule has 2 aliphatic carbocycles. The van der Waals surface area contributed by atoms with Crippen LogP contribution >= 0.6 is 0 Å². The van der Waals surface area contributed by atoms with Crippen molar-refractivity contribution in [1.29, 1.82) is 0 Å². The molecule has 0 spiro atoms. The van der Waals surface area contributed by atoms with Gasteiger partial charge in [0.05, 0.1) is 24.0 Å². The maximum Gasteiger partial charge on any atom is 0.311 e. The molecule has 2 heterocycles. The number of nitro groups is 1. The van der Waals surface area contributed by atoms with E-state index in [0.717, 1.165) is 57.8 Å². The van der Waals surface area contributed by atoms with Crippen molar-refractivity contribution in [3.63, 3.8) is 0 Å². The van der Waals surface area contributed by atoms with E-state index in [4.69, 9.17) is 9.72 Å². The van der Waals surface area contributed by atoms with Gasteiger partial charge in [-0.1, -0.05) is 38.5 Å². The molecule has 1 aromatic carbocycles. The van der Waals surface area contributed by atoms with Gasteiger partial charge in [0.25, 0.3) is 5.91 Å². The van der Waals surface area contributed by atoms with Crippen molar-refractivity contribution in [1.82, 2.24) is 14.7 Å². The van der Waals surface area contributed by atoms with E-state index in [-0.39, 0.29) is 35.7 Å². The highest BCUT2D eigenvalue weighted by atomic mass is 16.6. The molecule has 0 aliphatic heterocycles. The zero-order valence-corrected chi connectivity index (χ0v) is 23.3. The summed E-state index contributed by atoms with van der Waals surface area (Å²) in [6, 6.07) is 7.90. The van der Waals surface area contributed by atoms with Crippen LogP contribution in [0.4, 0.5) is 11.5 Å². The van der Waals surface area contributed by atoms with Gasteiger partial charge in [-0.25, -0.2) is 4.98 Å². The summed E-state index contributed by atoms with van der Waals surface area (Å²) in [5.41, 5.74) is 1.56. The van der Waals surface area contributed by atoms with Crippen LogP contribution in [0.1, 0.15) is 81.0 Å². The van der Waals surface area contributed by atoms with Crippen LogP contribution in [0, 0.1) is 16.0 Å². The Balaban J connectivity index is 1.56. The van der Waals surface area contributed by atoms with Crippen LogP contribution < -0.4 is 15.4 Å². The lowest BCUT2D eigenvalue weighted by Gasteiger charge is -2.30. The van der Waals surface area contributed by atoms with Gasteiger partial charge in [0, 0.05) is 29.9 Å². The summed E-state index contributed by atoms with van der Waals surface area (Å²) in [6.45, 7) is 0. The number of carboxylic acid groups (broad SMARTS) is 1. The van der Waals surface area contributed by atoms with E-state index in [1.54, 1.807) is 24.3 Å². The maximum absolute atomic E-state index is 13.7. The lowest BCUT2D eigenvalue weighted by Crippen LogP contribution is -2.42. The molecule has 5 rings (SSSR count). The van der Waals surface area contributed by atoms with E-state index in [9.17, 15) is 24.8 Å². The quantitative estimate of drug-likeness (QED) is 0.207. The zero-order chi connectivity index (χ0) is 28.9. The molecule has 2 aliphatic rings. The molecular weight excluding hydrogens is 526 g/mol. The summed E-state index contributed by atoms with van der Waals surface area (Å²) in [5, 5.41) is 28.0. The Morgan fingerprint density at radius 1 is 1.12 bits per heavy atom. The smallest absolute Gasteiger partial charge is 0.311 e. The number of methoxy groups -OCH3 is 1. The van der Waals surface area contributed by atoms with Gasteiger partial charge in [-0.05, 0) is 55.9 Å². The highest BCUT2D eigenvalue weighted by Crippen LogP contribution is 2.37. The summed E-state index contributed by atoms with van der Waals surface area (Å²) in [6.07, 6.45) is 12.0. The van der Waals surface area contributed by atoms with Crippen molar-refractivity contribution in [3.8, 4) is 17.0 Å². The number of anilines is 1. The number of nitro benzene ring substituents is 1. The van der Waals surface area contributed by atoms with E-state index in [2.05, 4.69) is 10.6 Å². The molecular formula is C30H37N5O6. The molecule has 41 heavy (non-hydrogen) atoms. The van der Waals surface area contributed by atoms with Gasteiger partial charge < -0.3 is 20.5 Å². The van der Waals surface area contributed by atoms with Gasteiger partial charge in [0.1, 0.15) is 11.5 Å². The number of benzene rings is 1. The Labute approximate surface area is 238 Å². The predicted molar refractivity (Wildman–Crippen MR) is 154 cm³/mol. The number of rotatable bonds is 10. The summed E-state index contributed by atoms with van der Waals surface area (Å²) in [5.74, 6) is -0.398. The highest BCUT2D eigenvalue weighted by Gasteiger charge is 2.29. The van der Waals surface area contributed by atoms with Crippen LogP contribution in [0.3, 0.4) is 0 Å². The fourth-order valence-corrected chi connectivity index (χ4v) is 6.31. The standard InChI is InChI=1S/C30H37N5O6/c1-41-25-15-14-20(17-24(25)35(39)40)27-29(31-21-11-6-3-7-12-21)34-16-8-13-22(28(34)33-27)30(38)32-23(18-26(36)37)19-9-4-2-5-10-19/h8,13-17,19,21,23,31H,2-7,9-12,18H2,1H3,(H,32,38)(H,36,37). The van der Waals surface area contributed by atoms with Gasteiger partial charge in [-0.3, -0.25) is 24.1 Å². The molecule has 1 atom stereocenters. The SMILES string of the molecule is COc1ccc(-c2nc3c(C(=O)NC(CC(=O)O)C4CCCCC4)cccn3c2NC2CCCCC2)cc1[N+](=O)[O-]. The third-order valence-corrected chi connectivity index (χ3v) is 8.42. The average Bonchev–Trinajstić information content (AvgIpc) is 3.35. The first kappa shape index (κ1) is 28.4. The summed E-state index contributed by atoms with van der Waals surface area (Å²) in [4.78, 5) is 41.5. The van der Waals surface area contributed by atoms with Crippen molar-refractivity contribution >= 4 is 29.0 Å². The van der Waals surface area contributed by atoms with E-state index in [1.807, 2.05) is 10.6 Å².